The highest BCUT2D eigenvalue weighted by Gasteiger charge is 2.47. The van der Waals surface area contributed by atoms with E-state index in [1.807, 2.05) is 0 Å². The molecule has 0 saturated heterocycles. The molecule has 18 nitrogen and oxygen atoms in total. The number of amides is 2. The van der Waals surface area contributed by atoms with Gasteiger partial charge in [-0.2, -0.15) is 0 Å². The van der Waals surface area contributed by atoms with E-state index in [1.165, 1.54) is 6.92 Å². The zero-order valence-electron chi connectivity index (χ0n) is 26.4. The summed E-state index contributed by atoms with van der Waals surface area (Å²) in [6, 6.07) is -2.44. The van der Waals surface area contributed by atoms with Gasteiger partial charge in [0.1, 0.15) is 18.7 Å². The van der Waals surface area contributed by atoms with Crippen molar-refractivity contribution < 1.29 is 76.3 Å². The van der Waals surface area contributed by atoms with E-state index in [2.05, 4.69) is 15.4 Å². The molecule has 0 fully saturated rings. The van der Waals surface area contributed by atoms with E-state index >= 15 is 0 Å². The maximum atomic E-state index is 13.6. The predicted octanol–water partition coefficient (Wildman–Crippen LogP) is -1.01. The quantitative estimate of drug-likeness (QED) is 0.0710. The number of ether oxygens (including phenoxy) is 7. The molecule has 6 atom stereocenters. The molecule has 0 aliphatic carbocycles. The molecule has 0 unspecified atom stereocenters. The van der Waals surface area contributed by atoms with Crippen LogP contribution >= 0.6 is 21.6 Å². The molecule has 0 aliphatic heterocycles. The lowest BCUT2D eigenvalue weighted by atomic mass is 10.0. The van der Waals surface area contributed by atoms with Gasteiger partial charge in [0.25, 0.3) is 5.91 Å². The molecule has 0 aliphatic rings. The maximum absolute atomic E-state index is 13.6. The van der Waals surface area contributed by atoms with Crippen LogP contribution in [0.4, 0.5) is 0 Å². The minimum absolute atomic E-state index is 0.00724. The Kier molecular flexibility index (Phi) is 19.7. The smallest absolute Gasteiger partial charge is 0.329 e. The van der Waals surface area contributed by atoms with Gasteiger partial charge < -0.3 is 43.8 Å². The van der Waals surface area contributed by atoms with Crippen molar-refractivity contribution in [1.82, 2.24) is 10.6 Å². The Morgan fingerprint density at radius 2 is 1.00 bits per heavy atom. The molecule has 0 aromatic carbocycles. The highest BCUT2D eigenvalue weighted by atomic mass is 33.1. The third-order valence-corrected chi connectivity index (χ3v) is 7.55. The molecular formula is C26H38N2O16S2. The van der Waals surface area contributed by atoms with Crippen LogP contribution < -0.4 is 10.6 Å². The normalized spacial score (nSPS) is 14.3. The second kappa shape index (κ2) is 21.6. The number of hydrogen-bond donors (Lipinski definition) is 2. The Hall–Kier alpha value is -4.07. The number of nitrogens with one attached hydrogen (secondary N) is 2. The summed E-state index contributed by atoms with van der Waals surface area (Å²) in [6.07, 6.45) is -7.70. The first-order valence-corrected chi connectivity index (χ1v) is 15.7. The molecule has 20 heteroatoms. The van der Waals surface area contributed by atoms with Crippen LogP contribution in [0.25, 0.3) is 0 Å². The van der Waals surface area contributed by atoms with Crippen LogP contribution in [-0.4, -0.2) is 122 Å². The summed E-state index contributed by atoms with van der Waals surface area (Å²) >= 11 is 0. The number of rotatable bonds is 19. The molecule has 260 valence electrons. The van der Waals surface area contributed by atoms with E-state index < -0.39 is 96.7 Å². The number of carbonyl (C=O) groups is 9. The summed E-state index contributed by atoms with van der Waals surface area (Å²) in [6.45, 7) is 5.24. The third-order valence-electron chi connectivity index (χ3n) is 5.13. The van der Waals surface area contributed by atoms with Gasteiger partial charge in [0.15, 0.2) is 18.3 Å². The summed E-state index contributed by atoms with van der Waals surface area (Å²) in [5, 5.41) is 4.72. The van der Waals surface area contributed by atoms with Crippen LogP contribution in [0, 0.1) is 0 Å². The van der Waals surface area contributed by atoms with Crippen molar-refractivity contribution in [1.29, 1.82) is 0 Å². The first-order valence-electron chi connectivity index (χ1n) is 13.2. The van der Waals surface area contributed by atoms with Crippen molar-refractivity contribution in [2.75, 3.05) is 32.3 Å². The number of methoxy groups -OCH3 is 2. The van der Waals surface area contributed by atoms with Gasteiger partial charge in [0.05, 0.1) is 14.2 Å². The Bertz CT molecular complexity index is 1130. The van der Waals surface area contributed by atoms with Crippen LogP contribution in [0.5, 0.6) is 0 Å². The number of esters is 7. The summed E-state index contributed by atoms with van der Waals surface area (Å²) in [5.41, 5.74) is 0. The first kappa shape index (κ1) is 41.9. The minimum Gasteiger partial charge on any atom is -0.467 e. The van der Waals surface area contributed by atoms with Crippen LogP contribution in [0.3, 0.4) is 0 Å². The zero-order chi connectivity index (χ0) is 35.6. The van der Waals surface area contributed by atoms with Crippen molar-refractivity contribution >= 4 is 75.2 Å². The van der Waals surface area contributed by atoms with Gasteiger partial charge in [-0.05, 0) is 0 Å². The van der Waals surface area contributed by atoms with Gasteiger partial charge in [-0.1, -0.05) is 21.6 Å². The van der Waals surface area contributed by atoms with Crippen molar-refractivity contribution in [3.05, 3.63) is 0 Å². The van der Waals surface area contributed by atoms with E-state index in [1.54, 1.807) is 0 Å². The highest BCUT2D eigenvalue weighted by Crippen LogP contribution is 2.25. The van der Waals surface area contributed by atoms with Gasteiger partial charge in [0, 0.05) is 53.0 Å². The Morgan fingerprint density at radius 1 is 0.565 bits per heavy atom. The second-order valence-corrected chi connectivity index (χ2v) is 11.6. The largest absolute Gasteiger partial charge is 0.467 e. The fraction of sp³-hybridized carbons (Fsp3) is 0.654. The van der Waals surface area contributed by atoms with Crippen molar-refractivity contribution in [2.45, 2.75) is 78.0 Å². The van der Waals surface area contributed by atoms with Gasteiger partial charge in [-0.15, -0.1) is 0 Å². The Balaban J connectivity index is 6.42. The molecule has 46 heavy (non-hydrogen) atoms. The molecule has 0 spiro atoms. The van der Waals surface area contributed by atoms with Gasteiger partial charge in [0.2, 0.25) is 12.0 Å². The Morgan fingerprint density at radius 3 is 1.39 bits per heavy atom. The lowest BCUT2D eigenvalue weighted by Gasteiger charge is -2.35. The molecule has 0 radical (unpaired) electrons. The van der Waals surface area contributed by atoms with Crippen LogP contribution in [-0.2, 0) is 76.3 Å². The molecule has 0 saturated carbocycles. The van der Waals surface area contributed by atoms with Gasteiger partial charge in [-0.3, -0.25) is 33.6 Å². The van der Waals surface area contributed by atoms with Crippen LogP contribution in [0.15, 0.2) is 0 Å². The van der Waals surface area contributed by atoms with E-state index in [0.717, 1.165) is 70.4 Å². The number of carbonyl (C=O) groups excluding carboxylic acids is 9. The van der Waals surface area contributed by atoms with Crippen LogP contribution in [0.2, 0.25) is 0 Å². The van der Waals surface area contributed by atoms with E-state index in [4.69, 9.17) is 28.4 Å². The SMILES string of the molecule is COC(=O)[C@H](CSSC[C@H](NC(=O)[C@H](OC(C)=O)[C@@H](OC(C)=O)[C@H](OC(C)=O)[C@@H](COC(C)=O)OC(C)=O)C(=O)OC)NC(C)=O. The molecule has 0 rings (SSSR count). The summed E-state index contributed by atoms with van der Waals surface area (Å²) < 4.78 is 35.0. The van der Waals surface area contributed by atoms with E-state index in [0.29, 0.717) is 0 Å². The fourth-order valence-electron chi connectivity index (χ4n) is 3.45. The molecular weight excluding hydrogens is 660 g/mol. The molecule has 2 N–H and O–H groups in total. The highest BCUT2D eigenvalue weighted by molar-refractivity contribution is 8.76. The monoisotopic (exact) mass is 698 g/mol. The minimum atomic E-state index is -2.13. The summed E-state index contributed by atoms with van der Waals surface area (Å²) in [7, 11) is 4.19. The molecule has 0 aromatic heterocycles. The standard InChI is InChI=1S/C26H38N2O16S2/c1-12(29)27-18(25(36)38-7)10-45-46-11-19(26(37)39-8)28-24(35)23(44-17(6)34)22(43-16(5)33)21(42-15(4)32)20(41-14(3)31)9-40-13(2)30/h18-23H,9-11H2,1-8H3,(H,27,29)(H,28,35)/t18-,19-,20+,21+,22-,23+/m0/s1. The average Bonchev–Trinajstić information content (AvgIpc) is 2.94. The van der Waals surface area contributed by atoms with Crippen molar-refractivity contribution in [3.63, 3.8) is 0 Å². The van der Waals surface area contributed by atoms with E-state index in [-0.39, 0.29) is 11.5 Å². The molecule has 0 aromatic rings. The van der Waals surface area contributed by atoms with Gasteiger partial charge in [-0.25, -0.2) is 9.59 Å². The summed E-state index contributed by atoms with van der Waals surface area (Å²) in [5.74, 6) is -8.52. The van der Waals surface area contributed by atoms with E-state index in [9.17, 15) is 43.2 Å². The van der Waals surface area contributed by atoms with Crippen molar-refractivity contribution in [3.8, 4) is 0 Å². The fourth-order valence-corrected chi connectivity index (χ4v) is 5.75. The van der Waals surface area contributed by atoms with Gasteiger partial charge >= 0.3 is 41.8 Å². The second-order valence-electron chi connectivity index (χ2n) is 9.06. The molecule has 0 heterocycles. The predicted molar refractivity (Wildman–Crippen MR) is 157 cm³/mol. The average molecular weight is 699 g/mol. The zero-order valence-corrected chi connectivity index (χ0v) is 28.1. The lowest BCUT2D eigenvalue weighted by Crippen LogP contribution is -2.59. The van der Waals surface area contributed by atoms with Crippen LogP contribution in [0.1, 0.15) is 41.5 Å². The molecule has 0 bridgehead atoms. The third kappa shape index (κ3) is 16.8. The maximum Gasteiger partial charge on any atom is 0.329 e. The molecule has 2 amide bonds. The first-order chi connectivity index (χ1) is 21.4. The number of hydrogen-bond acceptors (Lipinski definition) is 18. The lowest BCUT2D eigenvalue weighted by molar-refractivity contribution is -0.203. The Labute approximate surface area is 272 Å². The summed E-state index contributed by atoms with van der Waals surface area (Å²) in [4.78, 5) is 109. The topological polar surface area (TPSA) is 242 Å². The van der Waals surface area contributed by atoms with Crippen molar-refractivity contribution in [2.24, 2.45) is 0 Å².